The van der Waals surface area contributed by atoms with Crippen LogP contribution in [-0.2, 0) is 10.2 Å². The summed E-state index contributed by atoms with van der Waals surface area (Å²) < 4.78 is 28.6. The van der Waals surface area contributed by atoms with Crippen molar-refractivity contribution in [1.29, 1.82) is 0 Å². The third-order valence-corrected chi connectivity index (χ3v) is 6.53. The quantitative estimate of drug-likeness (QED) is 0.730. The molecular formula is C12H24N4O2S. The monoisotopic (exact) mass is 288 g/mol. The smallest absolute Gasteiger partial charge is 0.282 e. The minimum atomic E-state index is -3.24. The molecule has 0 aromatic heterocycles. The molecule has 1 N–H and O–H groups in total. The first-order chi connectivity index (χ1) is 9.18. The number of nitrogens with one attached hydrogen (secondary N) is 1. The van der Waals surface area contributed by atoms with Crippen LogP contribution in [-0.4, -0.2) is 80.3 Å². The Morgan fingerprint density at radius 3 is 2.47 bits per heavy atom. The van der Waals surface area contributed by atoms with Gasteiger partial charge in [-0.05, 0) is 19.4 Å². The van der Waals surface area contributed by atoms with Crippen LogP contribution in [0.4, 0.5) is 0 Å². The van der Waals surface area contributed by atoms with Crippen molar-refractivity contribution in [2.24, 2.45) is 0 Å². The molecule has 3 fully saturated rings. The number of fused-ring (bicyclic) bond motifs is 1. The van der Waals surface area contributed by atoms with Gasteiger partial charge >= 0.3 is 0 Å². The summed E-state index contributed by atoms with van der Waals surface area (Å²) in [5.41, 5.74) is 0. The maximum absolute atomic E-state index is 12.6. The predicted octanol–water partition coefficient (Wildman–Crippen LogP) is -0.693. The average molecular weight is 288 g/mol. The van der Waals surface area contributed by atoms with Crippen molar-refractivity contribution in [3.05, 3.63) is 0 Å². The van der Waals surface area contributed by atoms with E-state index in [1.165, 1.54) is 12.8 Å². The summed E-state index contributed by atoms with van der Waals surface area (Å²) in [7, 11) is -3.24. The summed E-state index contributed by atoms with van der Waals surface area (Å²) in [6.07, 6.45) is 3.65. The lowest BCUT2D eigenvalue weighted by atomic mass is 10.0. The number of rotatable bonds is 2. The van der Waals surface area contributed by atoms with E-state index >= 15 is 0 Å². The van der Waals surface area contributed by atoms with Gasteiger partial charge in [0.05, 0.1) is 0 Å². The van der Waals surface area contributed by atoms with Gasteiger partial charge in [-0.1, -0.05) is 6.42 Å². The highest BCUT2D eigenvalue weighted by atomic mass is 32.2. The molecule has 19 heavy (non-hydrogen) atoms. The molecular weight excluding hydrogens is 264 g/mol. The van der Waals surface area contributed by atoms with Crippen LogP contribution in [0.5, 0.6) is 0 Å². The van der Waals surface area contributed by atoms with E-state index < -0.39 is 10.2 Å². The van der Waals surface area contributed by atoms with Crippen LogP contribution in [0, 0.1) is 0 Å². The summed E-state index contributed by atoms with van der Waals surface area (Å²) in [5, 5.41) is 3.20. The molecule has 1 atom stereocenters. The molecule has 0 aromatic rings. The molecule has 0 saturated carbocycles. The van der Waals surface area contributed by atoms with Crippen LogP contribution in [0.1, 0.15) is 19.3 Å². The van der Waals surface area contributed by atoms with Gasteiger partial charge in [0, 0.05) is 51.9 Å². The molecule has 1 unspecified atom stereocenters. The predicted molar refractivity (Wildman–Crippen MR) is 74.1 cm³/mol. The van der Waals surface area contributed by atoms with Crippen molar-refractivity contribution in [3.8, 4) is 0 Å². The second kappa shape index (κ2) is 5.65. The fourth-order valence-corrected chi connectivity index (χ4v) is 5.02. The number of hydrogen-bond donors (Lipinski definition) is 1. The zero-order valence-electron chi connectivity index (χ0n) is 11.4. The summed E-state index contributed by atoms with van der Waals surface area (Å²) >= 11 is 0. The molecule has 3 aliphatic heterocycles. The standard InChI is InChI=1S/C12H24N4O2S/c17-19(18,15-7-4-13-5-8-15)16-10-9-14-6-2-1-3-12(14)11-16/h12-13H,1-11H2. The Balaban J connectivity index is 1.67. The lowest BCUT2D eigenvalue weighted by molar-refractivity contribution is 0.0819. The summed E-state index contributed by atoms with van der Waals surface area (Å²) in [4.78, 5) is 2.47. The van der Waals surface area contributed by atoms with Gasteiger partial charge in [0.15, 0.2) is 0 Å². The molecule has 0 radical (unpaired) electrons. The number of piperazine rings is 2. The van der Waals surface area contributed by atoms with Crippen LogP contribution in [0.25, 0.3) is 0 Å². The third-order valence-electron chi connectivity index (χ3n) is 4.53. The van der Waals surface area contributed by atoms with Gasteiger partial charge in [-0.3, -0.25) is 4.90 Å². The molecule has 0 spiro atoms. The molecule has 0 bridgehead atoms. The van der Waals surface area contributed by atoms with Crippen LogP contribution >= 0.6 is 0 Å². The van der Waals surface area contributed by atoms with E-state index in [-0.39, 0.29) is 0 Å². The molecule has 110 valence electrons. The summed E-state index contributed by atoms with van der Waals surface area (Å²) in [6, 6.07) is 0.445. The largest absolute Gasteiger partial charge is 0.314 e. The topological polar surface area (TPSA) is 55.9 Å². The van der Waals surface area contributed by atoms with Crippen molar-refractivity contribution in [2.45, 2.75) is 25.3 Å². The zero-order valence-corrected chi connectivity index (χ0v) is 12.2. The first-order valence-corrected chi connectivity index (χ1v) is 8.77. The highest BCUT2D eigenvalue weighted by molar-refractivity contribution is 7.86. The number of piperidine rings is 1. The minimum Gasteiger partial charge on any atom is -0.314 e. The lowest BCUT2D eigenvalue weighted by Gasteiger charge is -2.44. The van der Waals surface area contributed by atoms with Crippen molar-refractivity contribution >= 4 is 10.2 Å². The number of nitrogens with zero attached hydrogens (tertiary/aromatic N) is 3. The highest BCUT2D eigenvalue weighted by Gasteiger charge is 2.37. The molecule has 7 heteroatoms. The maximum Gasteiger partial charge on any atom is 0.282 e. The second-order valence-electron chi connectivity index (χ2n) is 5.70. The Kier molecular flexibility index (Phi) is 4.09. The van der Waals surface area contributed by atoms with Gasteiger partial charge < -0.3 is 5.32 Å². The zero-order chi connectivity index (χ0) is 13.3. The van der Waals surface area contributed by atoms with E-state index in [9.17, 15) is 8.42 Å². The van der Waals surface area contributed by atoms with E-state index in [0.29, 0.717) is 32.2 Å². The Morgan fingerprint density at radius 2 is 1.68 bits per heavy atom. The maximum atomic E-state index is 12.6. The molecule has 3 saturated heterocycles. The Morgan fingerprint density at radius 1 is 0.895 bits per heavy atom. The Hall–Kier alpha value is -0.210. The second-order valence-corrected chi connectivity index (χ2v) is 7.63. The van der Waals surface area contributed by atoms with Gasteiger partial charge in [-0.25, -0.2) is 0 Å². The normalized spacial score (nSPS) is 32.1. The lowest BCUT2D eigenvalue weighted by Crippen LogP contribution is -2.60. The summed E-state index contributed by atoms with van der Waals surface area (Å²) in [5.74, 6) is 0. The molecule has 3 heterocycles. The van der Waals surface area contributed by atoms with Crippen LogP contribution < -0.4 is 5.32 Å². The van der Waals surface area contributed by atoms with E-state index in [1.807, 2.05) is 0 Å². The molecule has 0 aliphatic carbocycles. The van der Waals surface area contributed by atoms with Gasteiger partial charge in [-0.2, -0.15) is 17.0 Å². The van der Waals surface area contributed by atoms with Crippen LogP contribution in [0.3, 0.4) is 0 Å². The van der Waals surface area contributed by atoms with Crippen LogP contribution in [0.15, 0.2) is 0 Å². The van der Waals surface area contributed by atoms with Gasteiger partial charge in [0.25, 0.3) is 10.2 Å². The minimum absolute atomic E-state index is 0.445. The van der Waals surface area contributed by atoms with Crippen molar-refractivity contribution in [2.75, 3.05) is 52.4 Å². The van der Waals surface area contributed by atoms with E-state index in [0.717, 1.165) is 32.6 Å². The molecule has 3 rings (SSSR count). The fraction of sp³-hybridized carbons (Fsp3) is 1.00. The Bertz CT molecular complexity index is 408. The molecule has 0 amide bonds. The fourth-order valence-electron chi connectivity index (χ4n) is 3.38. The average Bonchev–Trinajstić information content (AvgIpc) is 2.47. The van der Waals surface area contributed by atoms with E-state index in [4.69, 9.17) is 0 Å². The van der Waals surface area contributed by atoms with Crippen LogP contribution in [0.2, 0.25) is 0 Å². The first kappa shape index (κ1) is 13.8. The first-order valence-electron chi connectivity index (χ1n) is 7.38. The van der Waals surface area contributed by atoms with E-state index in [1.54, 1.807) is 8.61 Å². The third kappa shape index (κ3) is 2.80. The SMILES string of the molecule is O=S(=O)(N1CCNCC1)N1CCN2CCCCC2C1. The highest BCUT2D eigenvalue weighted by Crippen LogP contribution is 2.23. The van der Waals surface area contributed by atoms with Gasteiger partial charge in [0.1, 0.15) is 0 Å². The number of hydrogen-bond acceptors (Lipinski definition) is 4. The molecule has 0 aromatic carbocycles. The van der Waals surface area contributed by atoms with Gasteiger partial charge in [0.2, 0.25) is 0 Å². The Labute approximate surface area is 115 Å². The van der Waals surface area contributed by atoms with Crippen molar-refractivity contribution in [3.63, 3.8) is 0 Å². The van der Waals surface area contributed by atoms with Crippen molar-refractivity contribution < 1.29 is 8.42 Å². The molecule has 6 nitrogen and oxygen atoms in total. The van der Waals surface area contributed by atoms with Gasteiger partial charge in [-0.15, -0.1) is 0 Å². The summed E-state index contributed by atoms with van der Waals surface area (Å²) in [6.45, 7) is 6.13. The van der Waals surface area contributed by atoms with Crippen molar-refractivity contribution in [1.82, 2.24) is 18.8 Å². The molecule has 3 aliphatic rings. The van der Waals surface area contributed by atoms with E-state index in [2.05, 4.69) is 10.2 Å².